The summed E-state index contributed by atoms with van der Waals surface area (Å²) in [6.45, 7) is 7.41. The van der Waals surface area contributed by atoms with E-state index < -0.39 is 0 Å². The Morgan fingerprint density at radius 1 is 1.35 bits per heavy atom. The van der Waals surface area contributed by atoms with E-state index in [2.05, 4.69) is 10.3 Å². The monoisotopic (exact) mass is 335 g/mol. The fourth-order valence-electron chi connectivity index (χ4n) is 2.84. The maximum atomic E-state index is 12.3. The van der Waals surface area contributed by atoms with Crippen LogP contribution in [0, 0.1) is 5.41 Å². The molecule has 0 atom stereocenters. The van der Waals surface area contributed by atoms with Gasteiger partial charge >= 0.3 is 0 Å². The molecule has 0 saturated carbocycles. The first kappa shape index (κ1) is 16.1. The van der Waals surface area contributed by atoms with Crippen LogP contribution in [0.5, 0.6) is 0 Å². The lowest BCUT2D eigenvalue weighted by Crippen LogP contribution is -2.46. The minimum Gasteiger partial charge on any atom is -0.424 e. The average Bonchev–Trinajstić information content (AvgIpc) is 2.87. The predicted molar refractivity (Wildman–Crippen MR) is 91.7 cm³/mol. The maximum absolute atomic E-state index is 12.3. The van der Waals surface area contributed by atoms with E-state index in [9.17, 15) is 4.79 Å². The Labute approximate surface area is 141 Å². The molecule has 1 aliphatic heterocycles. The summed E-state index contributed by atoms with van der Waals surface area (Å²) in [4.78, 5) is 18.7. The first-order chi connectivity index (χ1) is 10.8. The molecule has 2 aromatic rings. The standard InChI is InChI=1S/C17H22ClN3O2/c1-17(2,3)15(22)21-8-6-12(7-9-21)19-16-20-13-10-11(18)4-5-14(13)23-16/h4-5,10,12H,6-9H2,1-3H3,(H,19,20). The highest BCUT2D eigenvalue weighted by molar-refractivity contribution is 6.31. The number of nitrogens with one attached hydrogen (secondary N) is 1. The Morgan fingerprint density at radius 3 is 2.70 bits per heavy atom. The summed E-state index contributed by atoms with van der Waals surface area (Å²) in [6.07, 6.45) is 1.78. The molecule has 0 spiro atoms. The Hall–Kier alpha value is -1.75. The second-order valence-corrected chi connectivity index (χ2v) is 7.53. The van der Waals surface area contributed by atoms with Gasteiger partial charge < -0.3 is 14.6 Å². The summed E-state index contributed by atoms with van der Waals surface area (Å²) < 4.78 is 5.69. The summed E-state index contributed by atoms with van der Waals surface area (Å²) in [5.41, 5.74) is 1.15. The maximum Gasteiger partial charge on any atom is 0.295 e. The van der Waals surface area contributed by atoms with Gasteiger partial charge in [-0.15, -0.1) is 0 Å². The summed E-state index contributed by atoms with van der Waals surface area (Å²) in [6, 6.07) is 6.18. The molecule has 1 amide bonds. The lowest BCUT2D eigenvalue weighted by atomic mass is 9.93. The van der Waals surface area contributed by atoms with E-state index in [4.69, 9.17) is 16.0 Å². The molecule has 124 valence electrons. The van der Waals surface area contributed by atoms with Gasteiger partial charge in [-0.3, -0.25) is 4.79 Å². The molecule has 6 heteroatoms. The third-order valence-corrected chi connectivity index (χ3v) is 4.34. The Morgan fingerprint density at radius 2 is 2.04 bits per heavy atom. The number of oxazole rings is 1. The number of hydrogen-bond acceptors (Lipinski definition) is 4. The van der Waals surface area contributed by atoms with Crippen molar-refractivity contribution in [2.24, 2.45) is 5.41 Å². The van der Waals surface area contributed by atoms with E-state index in [0.717, 1.165) is 37.0 Å². The largest absolute Gasteiger partial charge is 0.424 e. The van der Waals surface area contributed by atoms with Gasteiger partial charge in [-0.2, -0.15) is 4.98 Å². The Bertz CT molecular complexity index is 712. The van der Waals surface area contributed by atoms with Crippen LogP contribution in [0.2, 0.25) is 5.02 Å². The number of aromatic nitrogens is 1. The molecule has 0 unspecified atom stereocenters. The van der Waals surface area contributed by atoms with Crippen molar-refractivity contribution in [2.75, 3.05) is 18.4 Å². The molecule has 1 N–H and O–H groups in total. The minimum atomic E-state index is -0.320. The third-order valence-electron chi connectivity index (χ3n) is 4.10. The second-order valence-electron chi connectivity index (χ2n) is 7.09. The van der Waals surface area contributed by atoms with Crippen molar-refractivity contribution < 1.29 is 9.21 Å². The van der Waals surface area contributed by atoms with Crippen LogP contribution in [0.1, 0.15) is 33.6 Å². The van der Waals surface area contributed by atoms with Crippen molar-refractivity contribution in [1.82, 2.24) is 9.88 Å². The van der Waals surface area contributed by atoms with E-state index >= 15 is 0 Å². The molecule has 1 fully saturated rings. The number of halogens is 1. The summed E-state index contributed by atoms with van der Waals surface area (Å²) in [5.74, 6) is 0.215. The van der Waals surface area contributed by atoms with E-state index in [-0.39, 0.29) is 17.4 Å². The van der Waals surface area contributed by atoms with Gasteiger partial charge in [-0.25, -0.2) is 0 Å². The molecular weight excluding hydrogens is 314 g/mol. The van der Waals surface area contributed by atoms with Crippen LogP contribution >= 0.6 is 11.6 Å². The number of fused-ring (bicyclic) bond motifs is 1. The number of nitrogens with zero attached hydrogens (tertiary/aromatic N) is 2. The predicted octanol–water partition coefficient (Wildman–Crippen LogP) is 3.93. The quantitative estimate of drug-likeness (QED) is 0.903. The summed E-state index contributed by atoms with van der Waals surface area (Å²) >= 11 is 5.96. The summed E-state index contributed by atoms with van der Waals surface area (Å²) in [5, 5.41) is 3.97. The molecular formula is C17H22ClN3O2. The zero-order valence-corrected chi connectivity index (χ0v) is 14.5. The highest BCUT2D eigenvalue weighted by atomic mass is 35.5. The topological polar surface area (TPSA) is 58.4 Å². The van der Waals surface area contributed by atoms with Crippen LogP contribution in [0.15, 0.2) is 22.6 Å². The van der Waals surface area contributed by atoms with Gasteiger partial charge in [0.05, 0.1) is 0 Å². The van der Waals surface area contributed by atoms with E-state index in [1.54, 1.807) is 12.1 Å². The molecule has 0 aliphatic carbocycles. The molecule has 1 aliphatic rings. The van der Waals surface area contributed by atoms with Crippen LogP contribution in [0.25, 0.3) is 11.1 Å². The lowest BCUT2D eigenvalue weighted by Gasteiger charge is -2.35. The fraction of sp³-hybridized carbons (Fsp3) is 0.529. The van der Waals surface area contributed by atoms with Gasteiger partial charge in [0.1, 0.15) is 5.52 Å². The van der Waals surface area contributed by atoms with E-state index in [1.165, 1.54) is 0 Å². The third kappa shape index (κ3) is 3.61. The lowest BCUT2D eigenvalue weighted by molar-refractivity contribution is -0.140. The molecule has 3 rings (SSSR count). The number of piperidine rings is 1. The molecule has 5 nitrogen and oxygen atoms in total. The highest BCUT2D eigenvalue weighted by Crippen LogP contribution is 2.25. The second kappa shape index (κ2) is 6.04. The van der Waals surface area contributed by atoms with Crippen LogP contribution in [-0.2, 0) is 4.79 Å². The molecule has 0 bridgehead atoms. The number of carbonyl (C=O) groups excluding carboxylic acids is 1. The van der Waals surface area contributed by atoms with Gasteiger partial charge in [-0.1, -0.05) is 32.4 Å². The van der Waals surface area contributed by atoms with Crippen molar-refractivity contribution in [2.45, 2.75) is 39.7 Å². The van der Waals surface area contributed by atoms with Crippen molar-refractivity contribution >= 4 is 34.6 Å². The van der Waals surface area contributed by atoms with E-state index in [0.29, 0.717) is 11.0 Å². The molecule has 1 saturated heterocycles. The van der Waals surface area contributed by atoms with Crippen LogP contribution < -0.4 is 5.32 Å². The zero-order chi connectivity index (χ0) is 16.6. The number of anilines is 1. The van der Waals surface area contributed by atoms with Gasteiger partial charge in [0.15, 0.2) is 5.58 Å². The normalized spacial score (nSPS) is 16.8. The average molecular weight is 336 g/mol. The van der Waals surface area contributed by atoms with Crippen molar-refractivity contribution in [1.29, 1.82) is 0 Å². The fourth-order valence-corrected chi connectivity index (χ4v) is 3.00. The number of rotatable bonds is 2. The van der Waals surface area contributed by atoms with Crippen LogP contribution in [0.4, 0.5) is 6.01 Å². The zero-order valence-electron chi connectivity index (χ0n) is 13.7. The van der Waals surface area contributed by atoms with Gasteiger partial charge in [0.25, 0.3) is 6.01 Å². The first-order valence-electron chi connectivity index (χ1n) is 7.95. The van der Waals surface area contributed by atoms with Crippen molar-refractivity contribution in [3.63, 3.8) is 0 Å². The van der Waals surface area contributed by atoms with Gasteiger partial charge in [0.2, 0.25) is 5.91 Å². The Balaban J connectivity index is 1.61. The number of carbonyl (C=O) groups is 1. The Kier molecular flexibility index (Phi) is 4.23. The molecule has 1 aromatic carbocycles. The molecule has 1 aromatic heterocycles. The van der Waals surface area contributed by atoms with Gasteiger partial charge in [0, 0.05) is 29.6 Å². The smallest absolute Gasteiger partial charge is 0.295 e. The summed E-state index contributed by atoms with van der Waals surface area (Å²) in [7, 11) is 0. The number of hydrogen-bond donors (Lipinski definition) is 1. The molecule has 0 radical (unpaired) electrons. The van der Waals surface area contributed by atoms with Crippen molar-refractivity contribution in [3.8, 4) is 0 Å². The van der Waals surface area contributed by atoms with Crippen molar-refractivity contribution in [3.05, 3.63) is 23.2 Å². The minimum absolute atomic E-state index is 0.215. The number of amides is 1. The SMILES string of the molecule is CC(C)(C)C(=O)N1CCC(Nc2nc3cc(Cl)ccc3o2)CC1. The van der Waals surface area contributed by atoms with Crippen LogP contribution in [-0.4, -0.2) is 34.9 Å². The molecule has 2 heterocycles. The highest BCUT2D eigenvalue weighted by Gasteiger charge is 2.30. The number of benzene rings is 1. The molecule has 23 heavy (non-hydrogen) atoms. The van der Waals surface area contributed by atoms with Crippen LogP contribution in [0.3, 0.4) is 0 Å². The van der Waals surface area contributed by atoms with Gasteiger partial charge in [-0.05, 0) is 31.0 Å². The van der Waals surface area contributed by atoms with E-state index in [1.807, 2.05) is 31.7 Å². The number of likely N-dealkylation sites (tertiary alicyclic amines) is 1. The first-order valence-corrected chi connectivity index (χ1v) is 8.33.